The van der Waals surface area contributed by atoms with E-state index in [9.17, 15) is 17.2 Å². The number of aromatic nitrogens is 2. The van der Waals surface area contributed by atoms with Gasteiger partial charge in [-0.25, -0.2) is 13.4 Å². The van der Waals surface area contributed by atoms with Crippen LogP contribution in [0.3, 0.4) is 0 Å². The van der Waals surface area contributed by atoms with Crippen molar-refractivity contribution in [2.75, 3.05) is 7.05 Å². The van der Waals surface area contributed by atoms with Crippen molar-refractivity contribution in [3.05, 3.63) is 46.5 Å². The molecule has 2 aromatic rings. The van der Waals surface area contributed by atoms with Gasteiger partial charge in [-0.2, -0.15) is 13.1 Å². The lowest BCUT2D eigenvalue weighted by molar-refractivity contribution is 0.0658. The van der Waals surface area contributed by atoms with Crippen LogP contribution in [0.2, 0.25) is 10.0 Å². The second kappa shape index (κ2) is 6.49. The number of hydrogen-bond donors (Lipinski definition) is 0. The van der Waals surface area contributed by atoms with Crippen LogP contribution in [0, 0.1) is 0 Å². The molecule has 0 N–H and O–H groups in total. The Morgan fingerprint density at radius 1 is 1.32 bits per heavy atom. The van der Waals surface area contributed by atoms with Crippen LogP contribution >= 0.6 is 23.2 Å². The first-order valence-electron chi connectivity index (χ1n) is 5.95. The van der Waals surface area contributed by atoms with Gasteiger partial charge in [0.1, 0.15) is 10.7 Å². The van der Waals surface area contributed by atoms with Crippen molar-refractivity contribution in [2.24, 2.45) is 0 Å². The van der Waals surface area contributed by atoms with E-state index in [1.54, 1.807) is 0 Å². The Morgan fingerprint density at radius 2 is 1.91 bits per heavy atom. The molecule has 0 atom stereocenters. The second-order valence-electron chi connectivity index (χ2n) is 4.34. The van der Waals surface area contributed by atoms with Crippen molar-refractivity contribution in [1.82, 2.24) is 13.9 Å². The van der Waals surface area contributed by atoms with Crippen molar-refractivity contribution < 1.29 is 17.2 Å². The Hall–Kier alpha value is -1.22. The van der Waals surface area contributed by atoms with E-state index in [4.69, 9.17) is 23.2 Å². The van der Waals surface area contributed by atoms with E-state index >= 15 is 0 Å². The van der Waals surface area contributed by atoms with Crippen LogP contribution in [0.1, 0.15) is 12.4 Å². The predicted molar refractivity (Wildman–Crippen MR) is 78.6 cm³/mol. The third-order valence-electron chi connectivity index (χ3n) is 2.91. The number of imidazole rings is 1. The fourth-order valence-electron chi connectivity index (χ4n) is 1.81. The number of sulfonamides is 1. The van der Waals surface area contributed by atoms with Gasteiger partial charge in [-0.1, -0.05) is 29.3 Å². The first-order valence-corrected chi connectivity index (χ1v) is 8.15. The lowest BCUT2D eigenvalue weighted by Gasteiger charge is -2.19. The molecule has 2 rings (SSSR count). The van der Waals surface area contributed by atoms with Gasteiger partial charge in [0.15, 0.2) is 0 Å². The summed E-state index contributed by atoms with van der Waals surface area (Å²) < 4.78 is 52.0. The summed E-state index contributed by atoms with van der Waals surface area (Å²) in [6.07, 6.45) is 2.24. The zero-order chi connectivity index (χ0) is 16.5. The van der Waals surface area contributed by atoms with Crippen LogP contribution in [0.25, 0.3) is 0 Å². The molecule has 22 heavy (non-hydrogen) atoms. The number of benzene rings is 1. The van der Waals surface area contributed by atoms with E-state index in [1.807, 2.05) is 0 Å². The van der Waals surface area contributed by atoms with Gasteiger partial charge >= 0.3 is 6.55 Å². The highest BCUT2D eigenvalue weighted by Gasteiger charge is 2.28. The largest absolute Gasteiger partial charge is 0.319 e. The molecule has 10 heteroatoms. The molecular formula is C12H11Cl2F2N3O2S. The van der Waals surface area contributed by atoms with E-state index in [2.05, 4.69) is 4.98 Å². The first-order chi connectivity index (χ1) is 10.2. The van der Waals surface area contributed by atoms with E-state index in [1.165, 1.54) is 31.4 Å². The molecule has 0 bridgehead atoms. The summed E-state index contributed by atoms with van der Waals surface area (Å²) in [5.41, 5.74) is 0. The van der Waals surface area contributed by atoms with Crippen LogP contribution < -0.4 is 0 Å². The van der Waals surface area contributed by atoms with Crippen molar-refractivity contribution in [3.8, 4) is 0 Å². The molecule has 0 saturated carbocycles. The van der Waals surface area contributed by atoms with Gasteiger partial charge in [0.2, 0.25) is 10.0 Å². The molecule has 5 nitrogen and oxygen atoms in total. The molecule has 0 radical (unpaired) electrons. The number of rotatable bonds is 5. The molecule has 0 spiro atoms. The van der Waals surface area contributed by atoms with Gasteiger partial charge in [-0.05, 0) is 12.1 Å². The van der Waals surface area contributed by atoms with Crippen molar-refractivity contribution >= 4 is 33.2 Å². The molecule has 0 aliphatic carbocycles. The van der Waals surface area contributed by atoms with E-state index in [-0.39, 0.29) is 27.3 Å². The van der Waals surface area contributed by atoms with E-state index in [0.717, 1.165) is 10.5 Å². The minimum atomic E-state index is -4.05. The summed E-state index contributed by atoms with van der Waals surface area (Å²) in [5.74, 6) is -0.0933. The third kappa shape index (κ3) is 3.24. The number of alkyl halides is 2. The van der Waals surface area contributed by atoms with Gasteiger partial charge in [-0.3, -0.25) is 4.57 Å². The molecule has 0 amide bonds. The Balaban J connectivity index is 2.36. The van der Waals surface area contributed by atoms with Crippen LogP contribution in [0.4, 0.5) is 8.78 Å². The van der Waals surface area contributed by atoms with Crippen molar-refractivity contribution in [2.45, 2.75) is 18.0 Å². The molecule has 1 aromatic carbocycles. The Morgan fingerprint density at radius 3 is 2.45 bits per heavy atom. The average Bonchev–Trinajstić information content (AvgIpc) is 2.86. The van der Waals surface area contributed by atoms with Gasteiger partial charge in [0.05, 0.1) is 16.6 Å². The molecule has 120 valence electrons. The first kappa shape index (κ1) is 17.1. The SMILES string of the molecule is CN(Cc1nccn1C(F)F)S(=O)(=O)c1c(Cl)cccc1Cl. The smallest absolute Gasteiger partial charge is 0.277 e. The van der Waals surface area contributed by atoms with Crippen LogP contribution in [-0.2, 0) is 16.6 Å². The fraction of sp³-hybridized carbons (Fsp3) is 0.250. The molecule has 0 saturated heterocycles. The number of hydrogen-bond acceptors (Lipinski definition) is 3. The van der Waals surface area contributed by atoms with Crippen LogP contribution in [-0.4, -0.2) is 29.3 Å². The summed E-state index contributed by atoms with van der Waals surface area (Å²) in [4.78, 5) is 3.47. The highest BCUT2D eigenvalue weighted by molar-refractivity contribution is 7.89. The number of halogens is 4. The molecule has 0 unspecified atom stereocenters. The maximum absolute atomic E-state index is 12.8. The average molecular weight is 370 g/mol. The minimum Gasteiger partial charge on any atom is -0.277 e. The van der Waals surface area contributed by atoms with Crippen molar-refractivity contribution in [3.63, 3.8) is 0 Å². The van der Waals surface area contributed by atoms with E-state index in [0.29, 0.717) is 4.57 Å². The molecular weight excluding hydrogens is 359 g/mol. The van der Waals surface area contributed by atoms with Crippen LogP contribution in [0.5, 0.6) is 0 Å². The zero-order valence-electron chi connectivity index (χ0n) is 11.2. The Labute approximate surface area is 136 Å². The summed E-state index contributed by atoms with van der Waals surface area (Å²) in [7, 11) is -2.81. The lowest BCUT2D eigenvalue weighted by atomic mass is 10.4. The Bertz CT molecular complexity index is 760. The zero-order valence-corrected chi connectivity index (χ0v) is 13.6. The summed E-state index contributed by atoms with van der Waals surface area (Å²) in [6, 6.07) is 4.27. The maximum Gasteiger partial charge on any atom is 0.319 e. The summed E-state index contributed by atoms with van der Waals surface area (Å²) >= 11 is 11.8. The molecule has 1 heterocycles. The van der Waals surface area contributed by atoms with Gasteiger partial charge in [0, 0.05) is 19.4 Å². The van der Waals surface area contributed by atoms with Gasteiger partial charge < -0.3 is 0 Å². The molecule has 0 fully saturated rings. The molecule has 1 aromatic heterocycles. The fourth-order valence-corrected chi connectivity index (χ4v) is 4.02. The van der Waals surface area contributed by atoms with Crippen LogP contribution in [0.15, 0.2) is 35.5 Å². The lowest BCUT2D eigenvalue weighted by Crippen LogP contribution is -2.28. The maximum atomic E-state index is 12.8. The summed E-state index contributed by atoms with van der Waals surface area (Å²) in [6.45, 7) is -3.15. The minimum absolute atomic E-state index is 0.0449. The monoisotopic (exact) mass is 369 g/mol. The third-order valence-corrected chi connectivity index (χ3v) is 5.67. The predicted octanol–water partition coefficient (Wildman–Crippen LogP) is 3.41. The normalized spacial score (nSPS) is 12.3. The standard InChI is InChI=1S/C12H11Cl2F2N3O2S/c1-18(7-10-17-5-6-19(10)12(15)16)22(20,21)11-8(13)3-2-4-9(11)14/h2-6,12H,7H2,1H3. The number of nitrogens with zero attached hydrogens (tertiary/aromatic N) is 3. The van der Waals surface area contributed by atoms with Crippen molar-refractivity contribution in [1.29, 1.82) is 0 Å². The topological polar surface area (TPSA) is 55.2 Å². The molecule has 0 aliphatic heterocycles. The quantitative estimate of drug-likeness (QED) is 0.811. The van der Waals surface area contributed by atoms with Gasteiger partial charge in [0.25, 0.3) is 0 Å². The highest BCUT2D eigenvalue weighted by atomic mass is 35.5. The second-order valence-corrected chi connectivity index (χ2v) is 7.14. The highest BCUT2D eigenvalue weighted by Crippen LogP contribution is 2.31. The molecule has 0 aliphatic rings. The van der Waals surface area contributed by atoms with E-state index < -0.39 is 16.6 Å². The summed E-state index contributed by atoms with van der Waals surface area (Å²) in [5, 5.41) is -0.0897. The Kier molecular flexibility index (Phi) is 5.06. The van der Waals surface area contributed by atoms with Gasteiger partial charge in [-0.15, -0.1) is 0 Å².